The number of nitrogens with one attached hydrogen (secondary N) is 1. The van der Waals surface area contributed by atoms with Crippen molar-refractivity contribution in [2.24, 2.45) is 0 Å². The van der Waals surface area contributed by atoms with E-state index in [-0.39, 0.29) is 16.4 Å². The van der Waals surface area contributed by atoms with Gasteiger partial charge in [0, 0.05) is 6.54 Å². The molecule has 7 nitrogen and oxygen atoms in total. The Morgan fingerprint density at radius 1 is 1.11 bits per heavy atom. The maximum atomic E-state index is 13.1. The fraction of sp³-hybridized carbons (Fsp3) is 0.368. The highest BCUT2D eigenvalue weighted by molar-refractivity contribution is 7.93. The van der Waals surface area contributed by atoms with E-state index in [4.69, 9.17) is 4.74 Å². The molecule has 1 fully saturated rings. The maximum absolute atomic E-state index is 13.1. The second-order valence-electron chi connectivity index (χ2n) is 6.78. The van der Waals surface area contributed by atoms with E-state index in [1.54, 1.807) is 18.2 Å². The van der Waals surface area contributed by atoms with Gasteiger partial charge >= 0.3 is 0 Å². The summed E-state index contributed by atoms with van der Waals surface area (Å²) >= 11 is 0. The lowest BCUT2D eigenvalue weighted by atomic mass is 10.1. The summed E-state index contributed by atoms with van der Waals surface area (Å²) in [5, 5.41) is 0. The molecule has 0 aromatic heterocycles. The van der Waals surface area contributed by atoms with E-state index in [0.29, 0.717) is 24.3 Å². The number of anilines is 2. The van der Waals surface area contributed by atoms with Gasteiger partial charge in [-0.15, -0.1) is 0 Å². The molecule has 1 saturated heterocycles. The summed E-state index contributed by atoms with van der Waals surface area (Å²) in [6, 6.07) is 9.76. The van der Waals surface area contributed by atoms with Gasteiger partial charge in [-0.05, 0) is 62.1 Å². The van der Waals surface area contributed by atoms with E-state index >= 15 is 0 Å². The van der Waals surface area contributed by atoms with Crippen molar-refractivity contribution in [1.29, 1.82) is 0 Å². The third kappa shape index (κ3) is 3.95. The Labute approximate surface area is 166 Å². The van der Waals surface area contributed by atoms with Crippen LogP contribution in [0.3, 0.4) is 0 Å². The van der Waals surface area contributed by atoms with Crippen LogP contribution < -0.4 is 13.8 Å². The Morgan fingerprint density at radius 2 is 1.86 bits per heavy atom. The van der Waals surface area contributed by atoms with Crippen molar-refractivity contribution in [3.63, 3.8) is 0 Å². The fourth-order valence-corrected chi connectivity index (χ4v) is 6.11. The molecule has 0 spiro atoms. The van der Waals surface area contributed by atoms with Gasteiger partial charge in [0.1, 0.15) is 10.6 Å². The van der Waals surface area contributed by atoms with Crippen molar-refractivity contribution in [2.75, 3.05) is 28.4 Å². The normalized spacial score (nSPS) is 16.6. The van der Waals surface area contributed by atoms with Crippen molar-refractivity contribution >= 4 is 31.4 Å². The predicted molar refractivity (Wildman–Crippen MR) is 110 cm³/mol. The van der Waals surface area contributed by atoms with Gasteiger partial charge in [0.2, 0.25) is 10.0 Å². The van der Waals surface area contributed by atoms with Crippen LogP contribution >= 0.6 is 0 Å². The molecule has 0 radical (unpaired) electrons. The highest BCUT2D eigenvalue weighted by Crippen LogP contribution is 2.33. The lowest BCUT2D eigenvalue weighted by Gasteiger charge is -2.28. The molecule has 0 bridgehead atoms. The van der Waals surface area contributed by atoms with Crippen LogP contribution in [0.15, 0.2) is 41.3 Å². The van der Waals surface area contributed by atoms with Gasteiger partial charge in [0.25, 0.3) is 10.0 Å². The van der Waals surface area contributed by atoms with Crippen LogP contribution in [0.2, 0.25) is 0 Å². The average molecular weight is 425 g/mol. The number of ether oxygens (including phenoxy) is 1. The summed E-state index contributed by atoms with van der Waals surface area (Å²) < 4.78 is 60.1. The van der Waals surface area contributed by atoms with E-state index in [2.05, 4.69) is 4.72 Å². The molecular formula is C19H24N2O5S2. The summed E-state index contributed by atoms with van der Waals surface area (Å²) in [5.74, 6) is 0.206. The van der Waals surface area contributed by atoms with Gasteiger partial charge in [-0.1, -0.05) is 12.1 Å². The van der Waals surface area contributed by atoms with Gasteiger partial charge in [0.05, 0.1) is 24.2 Å². The van der Waals surface area contributed by atoms with Crippen LogP contribution in [0.4, 0.5) is 11.4 Å². The molecule has 2 aromatic rings. The molecule has 1 N–H and O–H groups in total. The molecular weight excluding hydrogens is 400 g/mol. The number of hydrogen-bond donors (Lipinski definition) is 1. The number of nitrogens with zero attached hydrogens (tertiary/aromatic N) is 1. The SMILES string of the molecule is COc1ccc(N2CCCCS2(=O)=O)cc1S(=O)(=O)Nc1cccc(C)c1C. The third-order valence-corrected chi connectivity index (χ3v) is 8.18. The fourth-order valence-electron chi connectivity index (χ4n) is 3.17. The molecule has 0 unspecified atom stereocenters. The molecule has 1 aliphatic heterocycles. The number of hydrogen-bond acceptors (Lipinski definition) is 5. The summed E-state index contributed by atoms with van der Waals surface area (Å²) in [7, 11) is -6.06. The Morgan fingerprint density at radius 3 is 2.54 bits per heavy atom. The highest BCUT2D eigenvalue weighted by atomic mass is 32.2. The molecule has 28 heavy (non-hydrogen) atoms. The zero-order chi connectivity index (χ0) is 20.5. The molecule has 0 aliphatic carbocycles. The van der Waals surface area contributed by atoms with Crippen LogP contribution in [-0.2, 0) is 20.0 Å². The number of aryl methyl sites for hydroxylation is 1. The first-order valence-electron chi connectivity index (χ1n) is 8.93. The molecule has 1 heterocycles. The largest absolute Gasteiger partial charge is 0.495 e. The molecule has 152 valence electrons. The smallest absolute Gasteiger partial charge is 0.265 e. The number of sulfonamides is 2. The van der Waals surface area contributed by atoms with Crippen molar-refractivity contribution < 1.29 is 21.6 Å². The summed E-state index contributed by atoms with van der Waals surface area (Å²) in [6.45, 7) is 4.06. The van der Waals surface area contributed by atoms with Gasteiger partial charge in [0.15, 0.2) is 0 Å². The van der Waals surface area contributed by atoms with Gasteiger partial charge < -0.3 is 4.74 Å². The average Bonchev–Trinajstić information content (AvgIpc) is 2.64. The lowest BCUT2D eigenvalue weighted by molar-refractivity contribution is 0.403. The van der Waals surface area contributed by atoms with E-state index < -0.39 is 20.0 Å². The first-order chi connectivity index (χ1) is 13.2. The van der Waals surface area contributed by atoms with Crippen LogP contribution in [-0.4, -0.2) is 36.2 Å². The summed E-state index contributed by atoms with van der Waals surface area (Å²) in [5.41, 5.74) is 2.57. The number of benzene rings is 2. The molecule has 1 aliphatic rings. The molecule has 3 rings (SSSR count). The van der Waals surface area contributed by atoms with Gasteiger partial charge in [-0.2, -0.15) is 0 Å². The van der Waals surface area contributed by atoms with E-state index in [1.807, 2.05) is 19.9 Å². The maximum Gasteiger partial charge on any atom is 0.265 e. The van der Waals surface area contributed by atoms with Crippen LogP contribution in [0.1, 0.15) is 24.0 Å². The number of rotatable bonds is 5. The van der Waals surface area contributed by atoms with Crippen molar-refractivity contribution in [3.05, 3.63) is 47.5 Å². The van der Waals surface area contributed by atoms with E-state index in [9.17, 15) is 16.8 Å². The third-order valence-electron chi connectivity index (χ3n) is 4.92. The van der Waals surface area contributed by atoms with Crippen LogP contribution in [0.25, 0.3) is 0 Å². The van der Waals surface area contributed by atoms with E-state index in [1.165, 1.54) is 23.5 Å². The van der Waals surface area contributed by atoms with Gasteiger partial charge in [-0.25, -0.2) is 16.8 Å². The van der Waals surface area contributed by atoms with Gasteiger partial charge in [-0.3, -0.25) is 9.03 Å². The second-order valence-corrected chi connectivity index (χ2v) is 10.4. The monoisotopic (exact) mass is 424 g/mol. The highest BCUT2D eigenvalue weighted by Gasteiger charge is 2.29. The Hall–Kier alpha value is -2.26. The second kappa shape index (κ2) is 7.63. The summed E-state index contributed by atoms with van der Waals surface area (Å²) in [4.78, 5) is -0.103. The van der Waals surface area contributed by atoms with Crippen molar-refractivity contribution in [3.8, 4) is 5.75 Å². The van der Waals surface area contributed by atoms with Crippen molar-refractivity contribution in [2.45, 2.75) is 31.6 Å². The lowest BCUT2D eigenvalue weighted by Crippen LogP contribution is -2.37. The molecule has 0 amide bonds. The van der Waals surface area contributed by atoms with Crippen LogP contribution in [0, 0.1) is 13.8 Å². The predicted octanol–water partition coefficient (Wildman–Crippen LogP) is 3.04. The molecule has 2 aromatic carbocycles. The van der Waals surface area contributed by atoms with E-state index in [0.717, 1.165) is 17.5 Å². The minimum Gasteiger partial charge on any atom is -0.495 e. The first-order valence-corrected chi connectivity index (χ1v) is 12.0. The Bertz CT molecular complexity index is 1100. The molecule has 0 saturated carbocycles. The molecule has 0 atom stereocenters. The standard InChI is InChI=1S/C19H24N2O5S2/c1-14-7-6-8-17(15(14)2)20-28(24,25)19-13-16(9-10-18(19)26-3)21-11-4-5-12-27(21,22)23/h6-10,13,20H,4-5,11-12H2,1-3H3. The van der Waals surface area contributed by atoms with Crippen molar-refractivity contribution in [1.82, 2.24) is 0 Å². The number of methoxy groups -OCH3 is 1. The Balaban J connectivity index is 2.05. The topological polar surface area (TPSA) is 92.8 Å². The quantitative estimate of drug-likeness (QED) is 0.796. The minimum atomic E-state index is -3.99. The zero-order valence-electron chi connectivity index (χ0n) is 16.1. The molecule has 9 heteroatoms. The summed E-state index contributed by atoms with van der Waals surface area (Å²) in [6.07, 6.45) is 1.34. The minimum absolute atomic E-state index is 0.0574. The Kier molecular flexibility index (Phi) is 5.58. The zero-order valence-corrected chi connectivity index (χ0v) is 17.7. The van der Waals surface area contributed by atoms with Crippen LogP contribution in [0.5, 0.6) is 5.75 Å². The first kappa shape index (κ1) is 20.5.